The van der Waals surface area contributed by atoms with Crippen molar-refractivity contribution in [3.63, 3.8) is 0 Å². The van der Waals surface area contributed by atoms with Gasteiger partial charge in [-0.15, -0.1) is 0 Å². The second-order valence-corrected chi connectivity index (χ2v) is 6.59. The summed E-state index contributed by atoms with van der Waals surface area (Å²) in [6.45, 7) is 0.264. The molecule has 0 fully saturated rings. The molecule has 0 aliphatic carbocycles. The van der Waals surface area contributed by atoms with E-state index < -0.39 is 26.0 Å². The van der Waals surface area contributed by atoms with Crippen molar-refractivity contribution in [2.24, 2.45) is 9.98 Å². The van der Waals surface area contributed by atoms with Gasteiger partial charge in [0.05, 0.1) is 0 Å². The average molecular weight is 293 g/mol. The molecule has 9 nitrogen and oxygen atoms in total. The smallest absolute Gasteiger partial charge is 0.321 e. The van der Waals surface area contributed by atoms with Crippen LogP contribution in [0.5, 0.6) is 0 Å². The van der Waals surface area contributed by atoms with Gasteiger partial charge in [0.25, 0.3) is 0 Å². The van der Waals surface area contributed by atoms with Crippen LogP contribution in [0, 0.1) is 0 Å². The molecule has 2 aliphatic heterocycles. The summed E-state index contributed by atoms with van der Waals surface area (Å²) in [4.78, 5) is 44.9. The second-order valence-electron chi connectivity index (χ2n) is 3.50. The molecule has 0 unspecified atom stereocenters. The fourth-order valence-corrected chi connectivity index (χ4v) is 3.37. The summed E-state index contributed by atoms with van der Waals surface area (Å²) in [6.07, 6.45) is 3.96. The Bertz CT molecular complexity index is 594. The summed E-state index contributed by atoms with van der Waals surface area (Å²) in [5, 5.41) is -0.787. The normalized spacial score (nSPS) is 20.0. The quantitative estimate of drug-likeness (QED) is 0.515. The molecule has 18 heavy (non-hydrogen) atoms. The van der Waals surface area contributed by atoms with Crippen molar-refractivity contribution < 1.29 is 28.7 Å². The molecule has 2 aliphatic rings. The number of rotatable bonds is 2. The van der Waals surface area contributed by atoms with Crippen molar-refractivity contribution in [1.82, 2.24) is 4.90 Å². The molecule has 0 saturated heterocycles. The molecular formula is C7H9N3O6P2. The number of guanidine groups is 1. The number of fused-ring (bicyclic) bond motifs is 1. The van der Waals surface area contributed by atoms with Gasteiger partial charge >= 0.3 is 15.2 Å². The minimum atomic E-state index is -4.90. The first kappa shape index (κ1) is 13.4. The molecule has 0 amide bonds. The predicted octanol–water partition coefficient (Wildman–Crippen LogP) is -0.219. The Morgan fingerprint density at radius 3 is 2.39 bits per heavy atom. The summed E-state index contributed by atoms with van der Waals surface area (Å²) in [6, 6.07) is 0. The molecule has 11 heteroatoms. The van der Waals surface area contributed by atoms with Gasteiger partial charge in [0.1, 0.15) is 5.31 Å². The van der Waals surface area contributed by atoms with E-state index in [1.807, 2.05) is 0 Å². The van der Waals surface area contributed by atoms with Crippen LogP contribution in [0.3, 0.4) is 0 Å². The maximum Gasteiger partial charge on any atom is 0.375 e. The van der Waals surface area contributed by atoms with E-state index in [-0.39, 0.29) is 12.5 Å². The molecule has 0 bridgehead atoms. The SMILES string of the molecule is O=P(O)(O)C1=CN2CC=CN=C2N=C1P(=O)(O)O. The summed E-state index contributed by atoms with van der Waals surface area (Å²) in [7, 11) is -9.74. The van der Waals surface area contributed by atoms with Crippen molar-refractivity contribution in [2.75, 3.05) is 6.54 Å². The standard InChI is InChI=1S/C7H9N3O6P2/c11-17(12,13)5-4-10-3-1-2-8-7(10)9-6(5)18(14,15)16/h1-2,4H,3H2,(H2,11,12,13)(H2,14,15,16). The predicted molar refractivity (Wildman–Crippen MR) is 62.9 cm³/mol. The minimum absolute atomic E-state index is 0.0203. The zero-order valence-corrected chi connectivity index (χ0v) is 10.6. The Morgan fingerprint density at radius 2 is 1.83 bits per heavy atom. The van der Waals surface area contributed by atoms with Crippen molar-refractivity contribution in [1.29, 1.82) is 0 Å². The molecule has 0 radical (unpaired) electrons. The third kappa shape index (κ3) is 2.51. The third-order valence-electron chi connectivity index (χ3n) is 2.16. The molecule has 2 rings (SSSR count). The van der Waals surface area contributed by atoms with Crippen LogP contribution in [-0.2, 0) is 9.13 Å². The van der Waals surface area contributed by atoms with Gasteiger partial charge in [-0.05, 0) is 6.08 Å². The number of allylic oxidation sites excluding steroid dienone is 1. The van der Waals surface area contributed by atoms with Crippen molar-refractivity contribution >= 4 is 26.6 Å². The van der Waals surface area contributed by atoms with Gasteiger partial charge in [0.2, 0.25) is 5.96 Å². The Balaban J connectivity index is 2.59. The Kier molecular flexibility index (Phi) is 3.14. The molecule has 0 atom stereocenters. The first-order valence-electron chi connectivity index (χ1n) is 4.62. The first-order chi connectivity index (χ1) is 8.19. The van der Waals surface area contributed by atoms with Gasteiger partial charge in [-0.25, -0.2) is 9.98 Å². The fourth-order valence-electron chi connectivity index (χ4n) is 1.42. The van der Waals surface area contributed by atoms with Crippen LogP contribution in [0.4, 0.5) is 0 Å². The van der Waals surface area contributed by atoms with E-state index in [9.17, 15) is 9.13 Å². The molecule has 0 aromatic heterocycles. The van der Waals surface area contributed by atoms with Crippen LogP contribution < -0.4 is 0 Å². The molecule has 4 N–H and O–H groups in total. The molecule has 0 aromatic carbocycles. The van der Waals surface area contributed by atoms with E-state index in [2.05, 4.69) is 9.98 Å². The van der Waals surface area contributed by atoms with E-state index in [1.165, 1.54) is 11.1 Å². The summed E-state index contributed by atoms with van der Waals surface area (Å²) < 4.78 is 22.4. The van der Waals surface area contributed by atoms with E-state index in [1.54, 1.807) is 6.08 Å². The number of nitrogens with zero attached hydrogens (tertiary/aromatic N) is 3. The highest BCUT2D eigenvalue weighted by Gasteiger charge is 2.40. The average Bonchev–Trinajstić information content (AvgIpc) is 2.25. The van der Waals surface area contributed by atoms with Crippen LogP contribution >= 0.6 is 15.2 Å². The zero-order valence-electron chi connectivity index (χ0n) is 8.78. The van der Waals surface area contributed by atoms with Gasteiger partial charge in [-0.2, -0.15) is 0 Å². The van der Waals surface area contributed by atoms with Crippen molar-refractivity contribution in [2.45, 2.75) is 0 Å². The van der Waals surface area contributed by atoms with Crippen LogP contribution in [0.25, 0.3) is 0 Å². The lowest BCUT2D eigenvalue weighted by Crippen LogP contribution is -2.32. The van der Waals surface area contributed by atoms with E-state index >= 15 is 0 Å². The summed E-state index contributed by atoms with van der Waals surface area (Å²) in [5.74, 6) is -0.0203. The third-order valence-corrected chi connectivity index (χ3v) is 4.18. The Morgan fingerprint density at radius 1 is 1.17 bits per heavy atom. The minimum Gasteiger partial charge on any atom is -0.321 e. The highest BCUT2D eigenvalue weighted by atomic mass is 31.2. The molecular weight excluding hydrogens is 284 g/mol. The molecule has 0 aromatic rings. The molecule has 0 saturated carbocycles. The number of aliphatic imine (C=N–C) groups is 2. The summed E-state index contributed by atoms with van der Waals surface area (Å²) in [5.41, 5.74) is -0.943. The largest absolute Gasteiger partial charge is 0.375 e. The lowest BCUT2D eigenvalue weighted by Gasteiger charge is -2.27. The van der Waals surface area contributed by atoms with Crippen LogP contribution in [-0.4, -0.2) is 42.4 Å². The van der Waals surface area contributed by atoms with E-state index in [0.717, 1.165) is 6.20 Å². The molecule has 2 heterocycles. The van der Waals surface area contributed by atoms with Crippen molar-refractivity contribution in [3.05, 3.63) is 23.8 Å². The lowest BCUT2D eigenvalue weighted by atomic mass is 10.4. The van der Waals surface area contributed by atoms with Gasteiger partial charge in [-0.1, -0.05) is 0 Å². The number of hydrogen-bond donors (Lipinski definition) is 4. The van der Waals surface area contributed by atoms with Crippen LogP contribution in [0.2, 0.25) is 0 Å². The maximum atomic E-state index is 11.2. The lowest BCUT2D eigenvalue weighted by molar-refractivity contribution is 0.378. The van der Waals surface area contributed by atoms with Gasteiger partial charge in [0.15, 0.2) is 5.45 Å². The van der Waals surface area contributed by atoms with Crippen LogP contribution in [0.1, 0.15) is 0 Å². The fraction of sp³-hybridized carbons (Fsp3) is 0.143. The topological polar surface area (TPSA) is 143 Å². The second kappa shape index (κ2) is 4.24. The van der Waals surface area contributed by atoms with Crippen molar-refractivity contribution in [3.8, 4) is 0 Å². The molecule has 98 valence electrons. The van der Waals surface area contributed by atoms with Gasteiger partial charge in [-0.3, -0.25) is 9.13 Å². The number of hydrogen-bond acceptors (Lipinski definition) is 5. The Hall–Kier alpha value is -1.08. The van der Waals surface area contributed by atoms with Gasteiger partial charge < -0.3 is 24.5 Å². The first-order valence-corrected chi connectivity index (χ1v) is 7.84. The Labute approximate surface area is 101 Å². The zero-order chi connectivity index (χ0) is 13.6. The monoisotopic (exact) mass is 293 g/mol. The highest BCUT2D eigenvalue weighted by molar-refractivity contribution is 7.75. The van der Waals surface area contributed by atoms with Gasteiger partial charge in [0, 0.05) is 18.9 Å². The maximum absolute atomic E-state index is 11.2. The van der Waals surface area contributed by atoms with Crippen LogP contribution in [0.15, 0.2) is 33.8 Å². The highest BCUT2D eigenvalue weighted by Crippen LogP contribution is 2.55. The van der Waals surface area contributed by atoms with E-state index in [0.29, 0.717) is 0 Å². The van der Waals surface area contributed by atoms with E-state index in [4.69, 9.17) is 19.6 Å². The molecule has 0 spiro atoms. The summed E-state index contributed by atoms with van der Waals surface area (Å²) >= 11 is 0.